The van der Waals surface area contributed by atoms with E-state index in [0.29, 0.717) is 29.1 Å². The van der Waals surface area contributed by atoms with Crippen LogP contribution in [-0.2, 0) is 28.8 Å². The smallest absolute Gasteiger partial charge is 0.302 e. The first-order valence-electron chi connectivity index (χ1n) is 13.1. The minimum Gasteiger partial charge on any atom is -0.462 e. The number of carbonyl (C=O) groups excluding carboxylic acids is 1. The molecule has 0 heterocycles. The molecule has 0 N–H and O–H groups in total. The Balaban J connectivity index is 1.59. The predicted octanol–water partition coefficient (Wildman–Crippen LogP) is 7.35. The van der Waals surface area contributed by atoms with Gasteiger partial charge in [0.15, 0.2) is 0 Å². The maximum absolute atomic E-state index is 11.5. The SMILES string of the molecule is CC(=O)O[C@H]1CCc2cc3c(c(C)c2C1)CC[C@]1(C)[C@@H]([C@H](C)/C=C/[C@H](C)C(C)C)CC[C@@H]31. The van der Waals surface area contributed by atoms with Gasteiger partial charge in [-0.05, 0) is 108 Å². The number of aryl methyl sites for hydroxylation is 1. The highest BCUT2D eigenvalue weighted by Crippen LogP contribution is 2.61. The van der Waals surface area contributed by atoms with E-state index in [4.69, 9.17) is 4.74 Å². The lowest BCUT2D eigenvalue weighted by molar-refractivity contribution is -0.146. The van der Waals surface area contributed by atoms with Gasteiger partial charge >= 0.3 is 5.97 Å². The van der Waals surface area contributed by atoms with Gasteiger partial charge in [0.1, 0.15) is 6.10 Å². The van der Waals surface area contributed by atoms with Crippen molar-refractivity contribution in [2.45, 2.75) is 105 Å². The van der Waals surface area contributed by atoms with Gasteiger partial charge in [0.25, 0.3) is 0 Å². The van der Waals surface area contributed by atoms with Gasteiger partial charge in [-0.1, -0.05) is 52.8 Å². The fourth-order valence-corrected chi connectivity index (χ4v) is 7.23. The zero-order chi connectivity index (χ0) is 23.2. The summed E-state index contributed by atoms with van der Waals surface area (Å²) in [6.45, 7) is 15.9. The van der Waals surface area contributed by atoms with Crippen LogP contribution in [0.25, 0.3) is 0 Å². The summed E-state index contributed by atoms with van der Waals surface area (Å²) in [5, 5.41) is 0. The van der Waals surface area contributed by atoms with E-state index in [-0.39, 0.29) is 12.1 Å². The standard InChI is InChI=1S/C30H44O2/c1-18(2)19(3)8-9-20(4)28-12-13-29-27-16-23-10-11-24(32-22(6)31)17-26(23)21(5)25(27)14-15-30(28,29)7/h8-9,16,18-20,24,28-29H,10-15,17H2,1-7H3/b9-8+/t19-,20+,24-,28+,29-,30+/m0/s1. The third-order valence-electron chi connectivity index (χ3n) is 9.57. The third kappa shape index (κ3) is 4.19. The molecule has 0 aromatic heterocycles. The molecule has 0 amide bonds. The average molecular weight is 437 g/mol. The first kappa shape index (κ1) is 23.6. The van der Waals surface area contributed by atoms with Gasteiger partial charge in [-0.3, -0.25) is 4.79 Å². The second-order valence-electron chi connectivity index (χ2n) is 11.8. The first-order chi connectivity index (χ1) is 15.1. The Morgan fingerprint density at radius 2 is 1.84 bits per heavy atom. The number of rotatable bonds is 5. The summed E-state index contributed by atoms with van der Waals surface area (Å²) < 4.78 is 5.58. The molecule has 1 aromatic carbocycles. The largest absolute Gasteiger partial charge is 0.462 e. The molecule has 0 radical (unpaired) electrons. The van der Waals surface area contributed by atoms with Crippen LogP contribution in [0.4, 0.5) is 0 Å². The molecule has 176 valence electrons. The van der Waals surface area contributed by atoms with Crippen LogP contribution in [0, 0.1) is 36.0 Å². The molecule has 3 aliphatic rings. The van der Waals surface area contributed by atoms with E-state index in [0.717, 1.165) is 25.2 Å². The highest BCUT2D eigenvalue weighted by molar-refractivity contribution is 5.66. The van der Waals surface area contributed by atoms with Crippen LogP contribution < -0.4 is 0 Å². The molecule has 0 unspecified atom stereocenters. The molecule has 1 fully saturated rings. The molecule has 1 saturated carbocycles. The highest BCUT2D eigenvalue weighted by Gasteiger charge is 2.51. The van der Waals surface area contributed by atoms with Crippen molar-refractivity contribution in [2.75, 3.05) is 0 Å². The minimum absolute atomic E-state index is 0.0577. The van der Waals surface area contributed by atoms with Crippen molar-refractivity contribution in [1.82, 2.24) is 0 Å². The monoisotopic (exact) mass is 436 g/mol. The van der Waals surface area contributed by atoms with Gasteiger partial charge in [0.2, 0.25) is 0 Å². The Kier molecular flexibility index (Phi) is 6.63. The zero-order valence-corrected chi connectivity index (χ0v) is 21.5. The summed E-state index contributed by atoms with van der Waals surface area (Å²) in [7, 11) is 0. The molecule has 0 spiro atoms. The van der Waals surface area contributed by atoms with Crippen LogP contribution in [0.1, 0.15) is 101 Å². The lowest BCUT2D eigenvalue weighted by atomic mass is 9.60. The van der Waals surface area contributed by atoms with Crippen LogP contribution in [0.3, 0.4) is 0 Å². The zero-order valence-electron chi connectivity index (χ0n) is 21.5. The molecule has 6 atom stereocenters. The molecule has 32 heavy (non-hydrogen) atoms. The Morgan fingerprint density at radius 3 is 2.53 bits per heavy atom. The Labute approximate surface area is 196 Å². The minimum atomic E-state index is -0.146. The molecule has 3 aliphatic carbocycles. The number of carbonyl (C=O) groups is 1. The van der Waals surface area contributed by atoms with E-state index in [9.17, 15) is 4.79 Å². The summed E-state index contributed by atoms with van der Waals surface area (Å²) in [6.07, 6.45) is 13.2. The van der Waals surface area contributed by atoms with Crippen molar-refractivity contribution < 1.29 is 9.53 Å². The van der Waals surface area contributed by atoms with Crippen LogP contribution in [-0.4, -0.2) is 12.1 Å². The lowest BCUT2D eigenvalue weighted by Crippen LogP contribution is -2.36. The van der Waals surface area contributed by atoms with Crippen molar-refractivity contribution in [3.05, 3.63) is 46.0 Å². The Morgan fingerprint density at radius 1 is 1.09 bits per heavy atom. The fraction of sp³-hybridized carbons (Fsp3) is 0.700. The van der Waals surface area contributed by atoms with E-state index in [1.165, 1.54) is 49.3 Å². The van der Waals surface area contributed by atoms with E-state index in [2.05, 4.69) is 59.8 Å². The maximum atomic E-state index is 11.5. The number of hydrogen-bond acceptors (Lipinski definition) is 2. The Hall–Kier alpha value is -1.57. The second kappa shape index (κ2) is 8.99. The van der Waals surface area contributed by atoms with Crippen LogP contribution in [0.5, 0.6) is 0 Å². The predicted molar refractivity (Wildman–Crippen MR) is 133 cm³/mol. The number of ether oxygens (including phenoxy) is 1. The number of allylic oxidation sites excluding steroid dienone is 2. The van der Waals surface area contributed by atoms with E-state index in [1.807, 2.05) is 0 Å². The second-order valence-corrected chi connectivity index (χ2v) is 11.8. The van der Waals surface area contributed by atoms with E-state index < -0.39 is 0 Å². The van der Waals surface area contributed by atoms with Gasteiger partial charge in [-0.2, -0.15) is 0 Å². The van der Waals surface area contributed by atoms with Gasteiger partial charge in [0.05, 0.1) is 0 Å². The van der Waals surface area contributed by atoms with Crippen molar-refractivity contribution in [1.29, 1.82) is 0 Å². The van der Waals surface area contributed by atoms with Crippen molar-refractivity contribution >= 4 is 5.97 Å². The van der Waals surface area contributed by atoms with E-state index >= 15 is 0 Å². The molecule has 0 aliphatic heterocycles. The van der Waals surface area contributed by atoms with E-state index in [1.54, 1.807) is 11.1 Å². The summed E-state index contributed by atoms with van der Waals surface area (Å²) >= 11 is 0. The summed E-state index contributed by atoms with van der Waals surface area (Å²) in [5.41, 5.74) is 8.18. The average Bonchev–Trinajstić information content (AvgIpc) is 3.09. The number of benzene rings is 1. The summed E-state index contributed by atoms with van der Waals surface area (Å²) in [4.78, 5) is 11.5. The van der Waals surface area contributed by atoms with Crippen LogP contribution >= 0.6 is 0 Å². The molecule has 1 aromatic rings. The molecule has 0 bridgehead atoms. The molecule has 4 rings (SSSR count). The third-order valence-corrected chi connectivity index (χ3v) is 9.57. The Bertz CT molecular complexity index is 895. The topological polar surface area (TPSA) is 26.3 Å². The molecule has 0 saturated heterocycles. The van der Waals surface area contributed by atoms with Crippen molar-refractivity contribution in [2.24, 2.45) is 29.1 Å². The van der Waals surface area contributed by atoms with Gasteiger partial charge in [-0.25, -0.2) is 0 Å². The van der Waals surface area contributed by atoms with Gasteiger partial charge in [-0.15, -0.1) is 0 Å². The molecule has 2 heteroatoms. The number of hydrogen-bond donors (Lipinski definition) is 0. The fourth-order valence-electron chi connectivity index (χ4n) is 7.23. The maximum Gasteiger partial charge on any atom is 0.302 e. The van der Waals surface area contributed by atoms with Gasteiger partial charge in [0, 0.05) is 13.3 Å². The number of esters is 1. The number of fused-ring (bicyclic) bond motifs is 4. The lowest BCUT2D eigenvalue weighted by Gasteiger charge is -2.45. The summed E-state index contributed by atoms with van der Waals surface area (Å²) in [6, 6.07) is 2.58. The molecular weight excluding hydrogens is 392 g/mol. The van der Waals surface area contributed by atoms with Crippen LogP contribution in [0.2, 0.25) is 0 Å². The molecule has 2 nitrogen and oxygen atoms in total. The van der Waals surface area contributed by atoms with Crippen LogP contribution in [0.15, 0.2) is 18.2 Å². The molecular formula is C30H44O2. The van der Waals surface area contributed by atoms with Crippen molar-refractivity contribution in [3.8, 4) is 0 Å². The normalized spacial score (nSPS) is 31.2. The van der Waals surface area contributed by atoms with Crippen molar-refractivity contribution in [3.63, 3.8) is 0 Å². The summed E-state index contributed by atoms with van der Waals surface area (Å²) in [5.74, 6) is 3.34. The first-order valence-corrected chi connectivity index (χ1v) is 13.1. The van der Waals surface area contributed by atoms with Gasteiger partial charge < -0.3 is 4.74 Å². The highest BCUT2D eigenvalue weighted by atomic mass is 16.5. The quantitative estimate of drug-likeness (QED) is 0.356.